The van der Waals surface area contributed by atoms with Gasteiger partial charge in [0.15, 0.2) is 0 Å². The van der Waals surface area contributed by atoms with Gasteiger partial charge in [0.25, 0.3) is 0 Å². The number of anilines is 1. The van der Waals surface area contributed by atoms with Crippen molar-refractivity contribution in [2.45, 2.75) is 39.3 Å². The van der Waals surface area contributed by atoms with Crippen molar-refractivity contribution < 1.29 is 4.79 Å². The third-order valence-electron chi connectivity index (χ3n) is 4.75. The van der Waals surface area contributed by atoms with Gasteiger partial charge in [-0.15, -0.1) is 0 Å². The van der Waals surface area contributed by atoms with Gasteiger partial charge < -0.3 is 15.1 Å². The number of H-pyrrole nitrogens is 1. The minimum Gasteiger partial charge on any atom is -0.362 e. The highest BCUT2D eigenvalue weighted by Gasteiger charge is 2.32. The summed E-state index contributed by atoms with van der Waals surface area (Å²) in [6.45, 7) is 5.25. The normalized spacial score (nSPS) is 17.0. The van der Waals surface area contributed by atoms with Gasteiger partial charge in [0, 0.05) is 50.2 Å². The molecule has 0 spiro atoms. The van der Waals surface area contributed by atoms with E-state index in [9.17, 15) is 4.79 Å². The number of rotatable bonds is 4. The Morgan fingerprint density at radius 2 is 2.24 bits per heavy atom. The van der Waals surface area contributed by atoms with E-state index in [1.807, 2.05) is 49.9 Å². The van der Waals surface area contributed by atoms with Crippen molar-refractivity contribution in [1.82, 2.24) is 25.4 Å². The number of hydrogen-bond acceptors (Lipinski definition) is 4. The zero-order valence-electron chi connectivity index (χ0n) is 15.3. The predicted octanol–water partition coefficient (Wildman–Crippen LogP) is 2.53. The average Bonchev–Trinajstić information content (AvgIpc) is 3.19. The Morgan fingerprint density at radius 1 is 1.44 bits per heavy atom. The molecule has 1 atom stereocenters. The number of carbonyl (C=O) groups is 1. The van der Waals surface area contributed by atoms with Crippen molar-refractivity contribution in [1.29, 1.82) is 0 Å². The Bertz CT molecular complexity index is 734. The maximum atomic E-state index is 12.8. The summed E-state index contributed by atoms with van der Waals surface area (Å²) in [5.41, 5.74) is 4.18. The minimum atomic E-state index is -0.0314. The van der Waals surface area contributed by atoms with Crippen LogP contribution in [0.3, 0.4) is 0 Å². The average molecular weight is 342 g/mol. The topological polar surface area (TPSA) is 77.1 Å². The van der Waals surface area contributed by atoms with E-state index in [0.29, 0.717) is 6.54 Å². The molecule has 1 aliphatic rings. The molecular weight excluding hydrogens is 316 g/mol. The van der Waals surface area contributed by atoms with Gasteiger partial charge in [-0.2, -0.15) is 5.10 Å². The molecule has 7 nitrogen and oxygen atoms in total. The van der Waals surface area contributed by atoms with Crippen molar-refractivity contribution in [2.24, 2.45) is 0 Å². The Kier molecular flexibility index (Phi) is 4.92. The molecular formula is C18H26N6O. The second-order valence-corrected chi connectivity index (χ2v) is 6.74. The van der Waals surface area contributed by atoms with Gasteiger partial charge in [-0.3, -0.25) is 5.10 Å². The van der Waals surface area contributed by atoms with E-state index in [4.69, 9.17) is 0 Å². The van der Waals surface area contributed by atoms with Crippen LogP contribution in [-0.2, 0) is 6.54 Å². The summed E-state index contributed by atoms with van der Waals surface area (Å²) in [7, 11) is 3.91. The van der Waals surface area contributed by atoms with Crippen LogP contribution in [0.25, 0.3) is 0 Å². The summed E-state index contributed by atoms with van der Waals surface area (Å²) >= 11 is 0. The van der Waals surface area contributed by atoms with Crippen LogP contribution in [0.5, 0.6) is 0 Å². The number of amides is 2. The van der Waals surface area contributed by atoms with Gasteiger partial charge in [-0.1, -0.05) is 6.07 Å². The van der Waals surface area contributed by atoms with Crippen molar-refractivity contribution in [3.63, 3.8) is 0 Å². The number of aromatic amines is 1. The predicted molar refractivity (Wildman–Crippen MR) is 97.5 cm³/mol. The molecule has 2 aromatic heterocycles. The lowest BCUT2D eigenvalue weighted by Gasteiger charge is -2.26. The largest absolute Gasteiger partial charge is 0.362 e. The van der Waals surface area contributed by atoms with E-state index in [-0.39, 0.29) is 12.1 Å². The van der Waals surface area contributed by atoms with Gasteiger partial charge in [0.2, 0.25) is 0 Å². The standard InChI is InChI=1S/C18H26N6O/c1-12-16(13(2)22-21-12)15-8-6-10-24(15)18(25)20-11-14-7-5-9-19-17(14)23(3)4/h5,7,9,15H,6,8,10-11H2,1-4H3,(H,20,25)(H,21,22)/t15-/m1/s1. The molecule has 0 aromatic carbocycles. The molecule has 7 heteroatoms. The van der Waals surface area contributed by atoms with Crippen molar-refractivity contribution >= 4 is 11.8 Å². The van der Waals surface area contributed by atoms with Crippen molar-refractivity contribution in [3.8, 4) is 0 Å². The number of aryl methyl sites for hydroxylation is 2. The molecule has 1 saturated heterocycles. The quantitative estimate of drug-likeness (QED) is 0.895. The van der Waals surface area contributed by atoms with E-state index >= 15 is 0 Å². The van der Waals surface area contributed by atoms with Crippen LogP contribution in [-0.4, -0.2) is 46.8 Å². The SMILES string of the molecule is Cc1n[nH]c(C)c1[C@H]1CCCN1C(=O)NCc1cccnc1N(C)C. The number of pyridine rings is 1. The molecule has 0 unspecified atom stereocenters. The number of nitrogens with zero attached hydrogens (tertiary/aromatic N) is 4. The lowest BCUT2D eigenvalue weighted by Crippen LogP contribution is -2.39. The third kappa shape index (κ3) is 3.45. The highest BCUT2D eigenvalue weighted by Crippen LogP contribution is 2.34. The van der Waals surface area contributed by atoms with E-state index < -0.39 is 0 Å². The Hall–Kier alpha value is -2.57. The highest BCUT2D eigenvalue weighted by atomic mass is 16.2. The van der Waals surface area contributed by atoms with Crippen LogP contribution in [0.15, 0.2) is 18.3 Å². The lowest BCUT2D eigenvalue weighted by atomic mass is 10.0. The third-order valence-corrected chi connectivity index (χ3v) is 4.75. The molecule has 0 aliphatic carbocycles. The number of aromatic nitrogens is 3. The van der Waals surface area contributed by atoms with E-state index in [2.05, 4.69) is 20.5 Å². The number of nitrogens with one attached hydrogen (secondary N) is 2. The number of urea groups is 1. The minimum absolute atomic E-state index is 0.0314. The van der Waals surface area contributed by atoms with E-state index in [0.717, 1.165) is 47.7 Å². The second kappa shape index (κ2) is 7.13. The molecule has 2 aromatic rings. The summed E-state index contributed by atoms with van der Waals surface area (Å²) in [6, 6.07) is 3.96. The molecule has 2 amide bonds. The fourth-order valence-electron chi connectivity index (χ4n) is 3.60. The number of carbonyl (C=O) groups excluding carboxylic acids is 1. The molecule has 0 radical (unpaired) electrons. The van der Waals surface area contributed by atoms with Crippen LogP contribution in [0.1, 0.15) is 41.4 Å². The fourth-order valence-corrected chi connectivity index (χ4v) is 3.60. The van der Waals surface area contributed by atoms with Gasteiger partial charge >= 0.3 is 6.03 Å². The zero-order valence-corrected chi connectivity index (χ0v) is 15.3. The first kappa shape index (κ1) is 17.3. The summed E-state index contributed by atoms with van der Waals surface area (Å²) in [5.74, 6) is 0.877. The molecule has 1 fully saturated rings. The summed E-state index contributed by atoms with van der Waals surface area (Å²) in [6.07, 6.45) is 3.75. The Balaban J connectivity index is 1.71. The molecule has 0 saturated carbocycles. The van der Waals surface area contributed by atoms with Gasteiger partial charge in [0.1, 0.15) is 5.82 Å². The molecule has 3 heterocycles. The zero-order chi connectivity index (χ0) is 18.0. The van der Waals surface area contributed by atoms with Crippen LogP contribution in [0.2, 0.25) is 0 Å². The van der Waals surface area contributed by atoms with Gasteiger partial charge in [0.05, 0.1) is 11.7 Å². The molecule has 3 rings (SSSR count). The van der Waals surface area contributed by atoms with Crippen LogP contribution < -0.4 is 10.2 Å². The van der Waals surface area contributed by atoms with Crippen molar-refractivity contribution in [3.05, 3.63) is 40.8 Å². The maximum absolute atomic E-state index is 12.8. The summed E-state index contributed by atoms with van der Waals surface area (Å²) in [4.78, 5) is 21.0. The van der Waals surface area contributed by atoms with Gasteiger partial charge in [-0.25, -0.2) is 9.78 Å². The van der Waals surface area contributed by atoms with E-state index in [1.165, 1.54) is 0 Å². The first-order valence-electron chi connectivity index (χ1n) is 8.66. The molecule has 0 bridgehead atoms. The first-order valence-corrected chi connectivity index (χ1v) is 8.66. The molecule has 1 aliphatic heterocycles. The smallest absolute Gasteiger partial charge is 0.318 e. The Labute approximate surface area is 148 Å². The first-order chi connectivity index (χ1) is 12.0. The summed E-state index contributed by atoms with van der Waals surface area (Å²) < 4.78 is 0. The molecule has 25 heavy (non-hydrogen) atoms. The second-order valence-electron chi connectivity index (χ2n) is 6.74. The van der Waals surface area contributed by atoms with Gasteiger partial charge in [-0.05, 0) is 32.8 Å². The maximum Gasteiger partial charge on any atom is 0.318 e. The summed E-state index contributed by atoms with van der Waals surface area (Å²) in [5, 5.41) is 10.4. The molecule has 2 N–H and O–H groups in total. The van der Waals surface area contributed by atoms with Crippen LogP contribution in [0.4, 0.5) is 10.6 Å². The highest BCUT2D eigenvalue weighted by molar-refractivity contribution is 5.75. The fraction of sp³-hybridized carbons (Fsp3) is 0.500. The molecule has 134 valence electrons. The number of likely N-dealkylation sites (tertiary alicyclic amines) is 1. The van der Waals surface area contributed by atoms with Crippen LogP contribution >= 0.6 is 0 Å². The van der Waals surface area contributed by atoms with E-state index in [1.54, 1.807) is 6.20 Å². The number of hydrogen-bond donors (Lipinski definition) is 2. The monoisotopic (exact) mass is 342 g/mol. The Morgan fingerprint density at radius 3 is 2.92 bits per heavy atom. The van der Waals surface area contributed by atoms with Crippen molar-refractivity contribution in [2.75, 3.05) is 25.5 Å². The lowest BCUT2D eigenvalue weighted by molar-refractivity contribution is 0.192. The van der Waals surface area contributed by atoms with Crippen LogP contribution in [0, 0.1) is 13.8 Å².